The zero-order chi connectivity index (χ0) is 15.2. The van der Waals surface area contributed by atoms with E-state index < -0.39 is 0 Å². The fourth-order valence-electron chi connectivity index (χ4n) is 2.53. The monoisotopic (exact) mass is 310 g/mol. The van der Waals surface area contributed by atoms with Gasteiger partial charge in [0.05, 0.1) is 6.04 Å². The molecule has 2 unspecified atom stereocenters. The molecule has 0 aliphatic carbocycles. The van der Waals surface area contributed by atoms with Gasteiger partial charge in [0.1, 0.15) is 6.17 Å². The van der Waals surface area contributed by atoms with Gasteiger partial charge in [0.15, 0.2) is 0 Å². The molecule has 0 spiro atoms. The van der Waals surface area contributed by atoms with Crippen molar-refractivity contribution in [3.05, 3.63) is 21.9 Å². The molecule has 4 nitrogen and oxygen atoms in total. The molecule has 0 saturated carbocycles. The average molecular weight is 310 g/mol. The lowest BCUT2D eigenvalue weighted by atomic mass is 10.3. The summed E-state index contributed by atoms with van der Waals surface area (Å²) in [6.45, 7) is 8.51. The number of thiophene rings is 1. The van der Waals surface area contributed by atoms with E-state index in [4.69, 9.17) is 4.74 Å². The lowest BCUT2D eigenvalue weighted by molar-refractivity contribution is -0.130. The smallest absolute Gasteiger partial charge is 0.241 e. The predicted molar refractivity (Wildman–Crippen MR) is 86.5 cm³/mol. The third-order valence-electron chi connectivity index (χ3n) is 3.73. The molecule has 2 heterocycles. The number of carbonyl (C=O) groups excluding carboxylic acids is 1. The first kappa shape index (κ1) is 16.5. The highest BCUT2D eigenvalue weighted by Crippen LogP contribution is 2.30. The molecule has 1 fully saturated rings. The second-order valence-electron chi connectivity index (χ2n) is 5.59. The normalized spacial score (nSPS) is 22.2. The molecule has 118 valence electrons. The number of nitrogens with zero attached hydrogens (tertiary/aromatic N) is 1. The third-order valence-corrected chi connectivity index (χ3v) is 4.79. The Morgan fingerprint density at radius 2 is 2.10 bits per heavy atom. The summed E-state index contributed by atoms with van der Waals surface area (Å²) < 4.78 is 5.59. The summed E-state index contributed by atoms with van der Waals surface area (Å²) in [6.07, 6.45) is 3.19. The molecule has 0 radical (unpaired) electrons. The molecule has 1 aliphatic rings. The minimum atomic E-state index is -0.0987. The molecule has 21 heavy (non-hydrogen) atoms. The van der Waals surface area contributed by atoms with Crippen LogP contribution in [0, 0.1) is 6.92 Å². The van der Waals surface area contributed by atoms with Crippen LogP contribution < -0.4 is 5.32 Å². The lowest BCUT2D eigenvalue weighted by Crippen LogP contribution is -2.31. The van der Waals surface area contributed by atoms with Gasteiger partial charge in [0, 0.05) is 29.5 Å². The molecule has 5 heteroatoms. The van der Waals surface area contributed by atoms with E-state index >= 15 is 0 Å². The van der Waals surface area contributed by atoms with Crippen LogP contribution in [0.25, 0.3) is 0 Å². The van der Waals surface area contributed by atoms with Crippen LogP contribution in [0.2, 0.25) is 0 Å². The summed E-state index contributed by atoms with van der Waals surface area (Å²) in [7, 11) is 0. The van der Waals surface area contributed by atoms with E-state index in [0.717, 1.165) is 39.0 Å². The summed E-state index contributed by atoms with van der Waals surface area (Å²) in [5, 5.41) is 3.39. The molecule has 1 saturated heterocycles. The van der Waals surface area contributed by atoms with E-state index in [2.05, 4.69) is 31.3 Å². The molecule has 1 N–H and O–H groups in total. The van der Waals surface area contributed by atoms with Gasteiger partial charge < -0.3 is 9.64 Å². The number of unbranched alkanes of at least 4 members (excludes halogenated alkanes) is 1. The average Bonchev–Trinajstić information content (AvgIpc) is 3.00. The van der Waals surface area contributed by atoms with Gasteiger partial charge in [-0.2, -0.15) is 0 Å². The van der Waals surface area contributed by atoms with Gasteiger partial charge >= 0.3 is 0 Å². The van der Waals surface area contributed by atoms with E-state index in [0.29, 0.717) is 0 Å². The summed E-state index contributed by atoms with van der Waals surface area (Å²) >= 11 is 1.76. The maximum Gasteiger partial charge on any atom is 0.241 e. The van der Waals surface area contributed by atoms with E-state index in [-0.39, 0.29) is 18.1 Å². The number of carbonyl (C=O) groups is 1. The molecular weight excluding hydrogens is 284 g/mol. The number of hydrogen-bond acceptors (Lipinski definition) is 4. The van der Waals surface area contributed by atoms with Crippen molar-refractivity contribution in [2.24, 2.45) is 0 Å². The van der Waals surface area contributed by atoms with Crippen LogP contribution in [0.3, 0.4) is 0 Å². The molecule has 0 aromatic carbocycles. The third kappa shape index (κ3) is 4.28. The number of ether oxygens (including phenoxy) is 1. The van der Waals surface area contributed by atoms with Crippen molar-refractivity contribution in [3.63, 3.8) is 0 Å². The van der Waals surface area contributed by atoms with Crippen molar-refractivity contribution in [2.75, 3.05) is 19.8 Å². The Bertz CT molecular complexity index is 461. The van der Waals surface area contributed by atoms with Gasteiger partial charge in [-0.3, -0.25) is 10.1 Å². The summed E-state index contributed by atoms with van der Waals surface area (Å²) in [4.78, 5) is 16.7. The zero-order valence-corrected chi connectivity index (χ0v) is 14.0. The van der Waals surface area contributed by atoms with Gasteiger partial charge in [0.2, 0.25) is 5.91 Å². The first-order chi connectivity index (χ1) is 10.1. The molecule has 1 aromatic heterocycles. The van der Waals surface area contributed by atoms with Gasteiger partial charge in [0.25, 0.3) is 0 Å². The zero-order valence-electron chi connectivity index (χ0n) is 13.2. The molecule has 1 aromatic rings. The van der Waals surface area contributed by atoms with Crippen LogP contribution in [0.5, 0.6) is 0 Å². The molecule has 1 aliphatic heterocycles. The van der Waals surface area contributed by atoms with Gasteiger partial charge in [-0.15, -0.1) is 11.3 Å². The second kappa shape index (κ2) is 7.92. The Hall–Kier alpha value is -0.910. The highest BCUT2D eigenvalue weighted by molar-refractivity contribution is 7.12. The molecule has 2 rings (SSSR count). The Labute approximate surface area is 131 Å². The number of aryl methyl sites for hydroxylation is 1. The van der Waals surface area contributed by atoms with Crippen molar-refractivity contribution in [1.82, 2.24) is 10.2 Å². The fraction of sp³-hybridized carbons (Fsp3) is 0.688. The van der Waals surface area contributed by atoms with Crippen LogP contribution in [0.4, 0.5) is 0 Å². The minimum absolute atomic E-state index is 0.0295. The summed E-state index contributed by atoms with van der Waals surface area (Å²) in [5.41, 5.74) is 0. The number of nitrogens with one attached hydrogen (secondary N) is 1. The van der Waals surface area contributed by atoms with Crippen molar-refractivity contribution in [2.45, 2.75) is 52.2 Å². The van der Waals surface area contributed by atoms with Crippen LogP contribution in [-0.2, 0) is 9.53 Å². The standard InChI is InChI=1S/C16H26N2O2S/c1-4-5-10-20-11-6-9-18-15(17-13(3)16(18)19)14-8-7-12(2)21-14/h7-8,13,15,17H,4-6,9-11H2,1-3H3. The number of hydrogen-bond donors (Lipinski definition) is 1. The minimum Gasteiger partial charge on any atom is -0.381 e. The molecule has 2 atom stereocenters. The first-order valence-electron chi connectivity index (χ1n) is 7.84. The van der Waals surface area contributed by atoms with Gasteiger partial charge in [-0.1, -0.05) is 13.3 Å². The highest BCUT2D eigenvalue weighted by atomic mass is 32.1. The maximum atomic E-state index is 12.3. The summed E-state index contributed by atoms with van der Waals surface area (Å²) in [5.74, 6) is 0.194. The van der Waals surface area contributed by atoms with Crippen molar-refractivity contribution >= 4 is 17.2 Å². The fourth-order valence-corrected chi connectivity index (χ4v) is 3.49. The van der Waals surface area contributed by atoms with Crippen LogP contribution in [-0.4, -0.2) is 36.6 Å². The van der Waals surface area contributed by atoms with E-state index in [1.807, 2.05) is 11.8 Å². The lowest BCUT2D eigenvalue weighted by Gasteiger charge is -2.23. The van der Waals surface area contributed by atoms with Gasteiger partial charge in [-0.05, 0) is 38.8 Å². The maximum absolute atomic E-state index is 12.3. The highest BCUT2D eigenvalue weighted by Gasteiger charge is 2.37. The van der Waals surface area contributed by atoms with E-state index in [9.17, 15) is 4.79 Å². The van der Waals surface area contributed by atoms with E-state index in [1.165, 1.54) is 9.75 Å². The van der Waals surface area contributed by atoms with Crippen molar-refractivity contribution < 1.29 is 9.53 Å². The van der Waals surface area contributed by atoms with E-state index in [1.54, 1.807) is 11.3 Å². The Morgan fingerprint density at radius 1 is 1.33 bits per heavy atom. The molecular formula is C16H26N2O2S. The quantitative estimate of drug-likeness (QED) is 0.750. The summed E-state index contributed by atoms with van der Waals surface area (Å²) in [6, 6.07) is 4.13. The van der Waals surface area contributed by atoms with Crippen molar-refractivity contribution in [3.8, 4) is 0 Å². The topological polar surface area (TPSA) is 41.6 Å². The number of rotatable bonds is 8. The van der Waals surface area contributed by atoms with Crippen LogP contribution >= 0.6 is 11.3 Å². The Balaban J connectivity index is 1.87. The number of amides is 1. The molecule has 1 amide bonds. The van der Waals surface area contributed by atoms with Crippen LogP contribution in [0.15, 0.2) is 12.1 Å². The van der Waals surface area contributed by atoms with Gasteiger partial charge in [-0.25, -0.2) is 0 Å². The SMILES string of the molecule is CCCCOCCCN1C(=O)C(C)NC1c1ccc(C)s1. The van der Waals surface area contributed by atoms with Crippen molar-refractivity contribution in [1.29, 1.82) is 0 Å². The Kier molecular flexibility index (Phi) is 6.21. The second-order valence-corrected chi connectivity index (χ2v) is 6.91. The largest absolute Gasteiger partial charge is 0.381 e. The predicted octanol–water partition coefficient (Wildman–Crippen LogP) is 3.08. The van der Waals surface area contributed by atoms with Crippen LogP contribution in [0.1, 0.15) is 49.0 Å². The first-order valence-corrected chi connectivity index (χ1v) is 8.65. The molecule has 0 bridgehead atoms. The Morgan fingerprint density at radius 3 is 2.76 bits per heavy atom.